The highest BCUT2D eigenvalue weighted by atomic mass is 28.4. The maximum absolute atomic E-state index is 11.9. The zero-order valence-electron chi connectivity index (χ0n) is 13.7. The van der Waals surface area contributed by atoms with Gasteiger partial charge in [-0.1, -0.05) is 33.3 Å². The predicted octanol–water partition coefficient (Wildman–Crippen LogP) is 3.74. The smallest absolute Gasteiger partial charge is 0.380 e. The standard InChI is InChI=1S/C15H30O4Si/c1-7-11-12-14(19-15(16)13(5)6)20(10-4,17-8-2)18-9-3/h14H,5,7-12H2,1-4,6H3. The van der Waals surface area contributed by atoms with Crippen LogP contribution in [0.1, 0.15) is 53.9 Å². The lowest BCUT2D eigenvalue weighted by molar-refractivity contribution is -0.143. The normalized spacial score (nSPS) is 13.1. The molecule has 0 saturated heterocycles. The Morgan fingerprint density at radius 3 is 2.05 bits per heavy atom. The monoisotopic (exact) mass is 302 g/mol. The van der Waals surface area contributed by atoms with E-state index in [4.69, 9.17) is 13.6 Å². The van der Waals surface area contributed by atoms with Crippen molar-refractivity contribution in [3.05, 3.63) is 12.2 Å². The van der Waals surface area contributed by atoms with Gasteiger partial charge in [-0.3, -0.25) is 0 Å². The average Bonchev–Trinajstić information content (AvgIpc) is 2.42. The van der Waals surface area contributed by atoms with E-state index in [-0.39, 0.29) is 11.7 Å². The Bertz CT molecular complexity index is 298. The highest BCUT2D eigenvalue weighted by Gasteiger charge is 2.46. The van der Waals surface area contributed by atoms with Gasteiger partial charge in [0, 0.05) is 18.8 Å². The van der Waals surface area contributed by atoms with E-state index in [0.717, 1.165) is 25.3 Å². The van der Waals surface area contributed by atoms with Crippen molar-refractivity contribution < 1.29 is 18.4 Å². The topological polar surface area (TPSA) is 44.8 Å². The molecule has 0 amide bonds. The Morgan fingerprint density at radius 1 is 1.15 bits per heavy atom. The summed E-state index contributed by atoms with van der Waals surface area (Å²) in [6.45, 7) is 14.5. The lowest BCUT2D eigenvalue weighted by atomic mass is 10.2. The van der Waals surface area contributed by atoms with Crippen molar-refractivity contribution >= 4 is 14.5 Å². The Labute approximate surface area is 124 Å². The van der Waals surface area contributed by atoms with Crippen molar-refractivity contribution in [1.82, 2.24) is 0 Å². The molecule has 0 aromatic rings. The molecule has 0 aliphatic heterocycles. The van der Waals surface area contributed by atoms with Gasteiger partial charge in [0.2, 0.25) is 0 Å². The van der Waals surface area contributed by atoms with Crippen molar-refractivity contribution in [3.63, 3.8) is 0 Å². The van der Waals surface area contributed by atoms with Crippen LogP contribution in [-0.2, 0) is 18.4 Å². The summed E-state index contributed by atoms with van der Waals surface area (Å²) in [4.78, 5) is 11.9. The molecule has 0 heterocycles. The largest absolute Gasteiger partial charge is 0.457 e. The van der Waals surface area contributed by atoms with Crippen LogP contribution in [0, 0.1) is 0 Å². The molecule has 1 unspecified atom stereocenters. The molecular formula is C15H30O4Si. The maximum atomic E-state index is 11.9. The van der Waals surface area contributed by atoms with Crippen molar-refractivity contribution in [2.75, 3.05) is 13.2 Å². The minimum Gasteiger partial charge on any atom is -0.457 e. The van der Waals surface area contributed by atoms with Gasteiger partial charge in [0.15, 0.2) is 0 Å². The van der Waals surface area contributed by atoms with Crippen LogP contribution in [0.4, 0.5) is 0 Å². The van der Waals surface area contributed by atoms with Gasteiger partial charge in [-0.05, 0) is 33.2 Å². The van der Waals surface area contributed by atoms with Gasteiger partial charge in [-0.15, -0.1) is 0 Å². The minimum absolute atomic E-state index is 0.267. The van der Waals surface area contributed by atoms with Gasteiger partial charge in [-0.2, -0.15) is 0 Å². The van der Waals surface area contributed by atoms with Crippen LogP contribution in [0.2, 0.25) is 6.04 Å². The summed E-state index contributed by atoms with van der Waals surface area (Å²) in [5.74, 6) is -0.351. The highest BCUT2D eigenvalue weighted by Crippen LogP contribution is 2.25. The molecule has 5 heteroatoms. The first-order valence-corrected chi connectivity index (χ1v) is 9.71. The highest BCUT2D eigenvalue weighted by molar-refractivity contribution is 6.68. The molecule has 118 valence electrons. The quantitative estimate of drug-likeness (QED) is 0.331. The summed E-state index contributed by atoms with van der Waals surface area (Å²) in [5.41, 5.74) is 0.148. The van der Waals surface area contributed by atoms with Crippen LogP contribution in [0.5, 0.6) is 0 Å². The average molecular weight is 302 g/mol. The Kier molecular flexibility index (Phi) is 9.80. The fraction of sp³-hybridized carbons (Fsp3) is 0.800. The molecule has 1 atom stereocenters. The number of unbranched alkanes of at least 4 members (excludes halogenated alkanes) is 1. The molecule has 0 saturated carbocycles. The molecular weight excluding hydrogens is 272 g/mol. The third kappa shape index (κ3) is 5.77. The summed E-state index contributed by atoms with van der Waals surface area (Å²) >= 11 is 0. The van der Waals surface area contributed by atoms with E-state index < -0.39 is 8.56 Å². The van der Waals surface area contributed by atoms with E-state index in [1.807, 2.05) is 20.8 Å². The van der Waals surface area contributed by atoms with Crippen molar-refractivity contribution in [3.8, 4) is 0 Å². The third-order valence-electron chi connectivity index (χ3n) is 3.18. The minimum atomic E-state index is -2.53. The van der Waals surface area contributed by atoms with Crippen LogP contribution in [0.3, 0.4) is 0 Å². The zero-order chi connectivity index (χ0) is 15.6. The zero-order valence-corrected chi connectivity index (χ0v) is 14.7. The summed E-state index contributed by atoms with van der Waals surface area (Å²) < 4.78 is 17.6. The van der Waals surface area contributed by atoms with Crippen LogP contribution in [0.25, 0.3) is 0 Å². The molecule has 0 N–H and O–H groups in total. The van der Waals surface area contributed by atoms with E-state index >= 15 is 0 Å². The van der Waals surface area contributed by atoms with Crippen LogP contribution < -0.4 is 0 Å². The number of rotatable bonds is 11. The first-order chi connectivity index (χ1) is 9.47. The van der Waals surface area contributed by atoms with Gasteiger partial charge in [0.1, 0.15) is 5.73 Å². The first kappa shape index (κ1) is 19.3. The molecule has 0 bridgehead atoms. The third-order valence-corrected chi connectivity index (χ3v) is 7.11. The second-order valence-corrected chi connectivity index (χ2v) is 8.40. The summed E-state index contributed by atoms with van der Waals surface area (Å²) in [5, 5.41) is 0. The van der Waals surface area contributed by atoms with E-state index in [0.29, 0.717) is 18.8 Å². The predicted molar refractivity (Wildman–Crippen MR) is 83.7 cm³/mol. The molecule has 0 aromatic heterocycles. The Hall–Kier alpha value is -0.653. The van der Waals surface area contributed by atoms with Crippen molar-refractivity contribution in [2.24, 2.45) is 0 Å². The molecule has 0 rings (SSSR count). The fourth-order valence-electron chi connectivity index (χ4n) is 2.14. The maximum Gasteiger partial charge on any atom is 0.380 e. The molecule has 0 aromatic carbocycles. The number of hydrogen-bond donors (Lipinski definition) is 0. The van der Waals surface area contributed by atoms with E-state index in [2.05, 4.69) is 13.5 Å². The van der Waals surface area contributed by atoms with Gasteiger partial charge in [0.25, 0.3) is 0 Å². The molecule has 4 nitrogen and oxygen atoms in total. The second kappa shape index (κ2) is 10.1. The molecule has 0 aliphatic rings. The number of esters is 1. The van der Waals surface area contributed by atoms with Crippen LogP contribution >= 0.6 is 0 Å². The van der Waals surface area contributed by atoms with E-state index in [1.54, 1.807) is 6.92 Å². The number of carbonyl (C=O) groups excluding carboxylic acids is 1. The number of ether oxygens (including phenoxy) is 1. The molecule has 0 radical (unpaired) electrons. The lowest BCUT2D eigenvalue weighted by Gasteiger charge is -2.35. The second-order valence-electron chi connectivity index (χ2n) is 4.85. The Morgan fingerprint density at radius 2 is 1.70 bits per heavy atom. The molecule has 0 fully saturated rings. The van der Waals surface area contributed by atoms with E-state index in [1.165, 1.54) is 0 Å². The van der Waals surface area contributed by atoms with Gasteiger partial charge in [0.05, 0.1) is 0 Å². The van der Waals surface area contributed by atoms with E-state index in [9.17, 15) is 4.79 Å². The Balaban J connectivity index is 5.16. The SMILES string of the molecule is C=C(C)C(=O)OC(CCCC)[Si](CC)(OCC)OCC. The van der Waals surface area contributed by atoms with Crippen LogP contribution in [0.15, 0.2) is 12.2 Å². The molecule has 0 spiro atoms. The molecule has 20 heavy (non-hydrogen) atoms. The number of hydrogen-bond acceptors (Lipinski definition) is 4. The van der Waals surface area contributed by atoms with Crippen molar-refractivity contribution in [1.29, 1.82) is 0 Å². The van der Waals surface area contributed by atoms with Crippen LogP contribution in [-0.4, -0.2) is 33.5 Å². The number of carbonyl (C=O) groups is 1. The fourth-order valence-corrected chi connectivity index (χ4v) is 5.36. The van der Waals surface area contributed by atoms with Gasteiger partial charge < -0.3 is 13.6 Å². The molecule has 0 aliphatic carbocycles. The van der Waals surface area contributed by atoms with Gasteiger partial charge >= 0.3 is 14.5 Å². The van der Waals surface area contributed by atoms with Gasteiger partial charge in [-0.25, -0.2) is 4.79 Å². The summed E-state index contributed by atoms with van der Waals surface area (Å²) in [7, 11) is -2.53. The summed E-state index contributed by atoms with van der Waals surface area (Å²) in [6.07, 6.45) is 2.83. The lowest BCUT2D eigenvalue weighted by Crippen LogP contribution is -2.55. The first-order valence-electron chi connectivity index (χ1n) is 7.61. The van der Waals surface area contributed by atoms with Crippen molar-refractivity contribution in [2.45, 2.75) is 65.7 Å². The summed E-state index contributed by atoms with van der Waals surface area (Å²) in [6, 6.07) is 0.770.